The van der Waals surface area contributed by atoms with E-state index in [0.29, 0.717) is 5.56 Å². The Morgan fingerprint density at radius 2 is 2.00 bits per heavy atom. The average molecular weight is 232 g/mol. The Labute approximate surface area is 91.0 Å². The normalized spacial score (nSPS) is 11.3. The minimum absolute atomic E-state index is 0.0698. The highest BCUT2D eigenvalue weighted by atomic mass is 19.4. The van der Waals surface area contributed by atoms with Crippen molar-refractivity contribution in [1.82, 2.24) is 0 Å². The molecule has 5 heteroatoms. The SMILES string of the molecule is COC(=O)Cc1cccc(C(F)(F)F)c1C. The van der Waals surface area contributed by atoms with Crippen LogP contribution < -0.4 is 0 Å². The molecule has 2 nitrogen and oxygen atoms in total. The number of hydrogen-bond donors (Lipinski definition) is 0. The number of alkyl halides is 3. The van der Waals surface area contributed by atoms with E-state index < -0.39 is 17.7 Å². The third kappa shape index (κ3) is 2.74. The minimum atomic E-state index is -4.39. The number of esters is 1. The van der Waals surface area contributed by atoms with Crippen LogP contribution in [0.15, 0.2) is 18.2 Å². The third-order valence-electron chi connectivity index (χ3n) is 2.31. The quantitative estimate of drug-likeness (QED) is 0.733. The van der Waals surface area contributed by atoms with Gasteiger partial charge in [-0.3, -0.25) is 4.79 Å². The van der Waals surface area contributed by atoms with E-state index in [1.807, 2.05) is 0 Å². The highest BCUT2D eigenvalue weighted by Crippen LogP contribution is 2.32. The van der Waals surface area contributed by atoms with Gasteiger partial charge >= 0.3 is 12.1 Å². The lowest BCUT2D eigenvalue weighted by Gasteiger charge is -2.13. The first-order chi connectivity index (χ1) is 7.36. The number of ether oxygens (including phenoxy) is 1. The van der Waals surface area contributed by atoms with Gasteiger partial charge in [-0.15, -0.1) is 0 Å². The molecule has 0 amide bonds. The number of halogens is 3. The zero-order valence-electron chi connectivity index (χ0n) is 8.89. The van der Waals surface area contributed by atoms with E-state index in [1.165, 1.54) is 26.2 Å². The van der Waals surface area contributed by atoms with Crippen LogP contribution in [0.25, 0.3) is 0 Å². The van der Waals surface area contributed by atoms with Crippen molar-refractivity contribution in [2.45, 2.75) is 19.5 Å². The summed E-state index contributed by atoms with van der Waals surface area (Å²) in [7, 11) is 1.20. The topological polar surface area (TPSA) is 26.3 Å². The second-order valence-electron chi connectivity index (χ2n) is 3.34. The van der Waals surface area contributed by atoms with Gasteiger partial charge in [0.05, 0.1) is 19.1 Å². The maximum Gasteiger partial charge on any atom is 0.416 e. The number of carbonyl (C=O) groups is 1. The molecule has 0 fully saturated rings. The van der Waals surface area contributed by atoms with Gasteiger partial charge < -0.3 is 4.74 Å². The van der Waals surface area contributed by atoms with E-state index in [1.54, 1.807) is 0 Å². The zero-order valence-corrected chi connectivity index (χ0v) is 8.89. The summed E-state index contributed by atoms with van der Waals surface area (Å²) < 4.78 is 42.0. The predicted molar refractivity (Wildman–Crippen MR) is 51.9 cm³/mol. The van der Waals surface area contributed by atoms with Crippen molar-refractivity contribution in [1.29, 1.82) is 0 Å². The van der Waals surface area contributed by atoms with Crippen molar-refractivity contribution in [3.63, 3.8) is 0 Å². The Kier molecular flexibility index (Phi) is 3.57. The van der Waals surface area contributed by atoms with Gasteiger partial charge in [0.15, 0.2) is 0 Å². The summed E-state index contributed by atoms with van der Waals surface area (Å²) in [6.45, 7) is 1.35. The first kappa shape index (κ1) is 12.5. The molecule has 0 saturated carbocycles. The summed E-state index contributed by atoms with van der Waals surface area (Å²) in [5.74, 6) is -0.553. The molecular formula is C11H11F3O2. The van der Waals surface area contributed by atoms with Crippen molar-refractivity contribution >= 4 is 5.97 Å². The maximum absolute atomic E-state index is 12.5. The van der Waals surface area contributed by atoms with Crippen molar-refractivity contribution in [2.75, 3.05) is 7.11 Å². The lowest BCUT2D eigenvalue weighted by atomic mass is 10.00. The van der Waals surface area contributed by atoms with Crippen LogP contribution in [0.4, 0.5) is 13.2 Å². The van der Waals surface area contributed by atoms with Crippen LogP contribution in [0.3, 0.4) is 0 Å². The third-order valence-corrected chi connectivity index (χ3v) is 2.31. The van der Waals surface area contributed by atoms with Gasteiger partial charge in [-0.25, -0.2) is 0 Å². The molecule has 1 rings (SSSR count). The monoisotopic (exact) mass is 232 g/mol. The summed E-state index contributed by atoms with van der Waals surface area (Å²) in [6.07, 6.45) is -4.54. The average Bonchev–Trinajstić information content (AvgIpc) is 2.19. The molecule has 0 spiro atoms. The Bertz CT molecular complexity index is 397. The van der Waals surface area contributed by atoms with Crippen molar-refractivity contribution in [3.05, 3.63) is 34.9 Å². The molecule has 88 valence electrons. The van der Waals surface area contributed by atoms with Gasteiger partial charge in [-0.2, -0.15) is 13.2 Å². The summed E-state index contributed by atoms with van der Waals surface area (Å²) in [6, 6.07) is 3.77. The van der Waals surface area contributed by atoms with Gasteiger partial charge in [0.2, 0.25) is 0 Å². The highest BCUT2D eigenvalue weighted by Gasteiger charge is 2.32. The van der Waals surface area contributed by atoms with Gasteiger partial charge in [0.1, 0.15) is 0 Å². The first-order valence-corrected chi connectivity index (χ1v) is 4.58. The van der Waals surface area contributed by atoms with E-state index in [2.05, 4.69) is 4.74 Å². The van der Waals surface area contributed by atoms with Crippen LogP contribution >= 0.6 is 0 Å². The smallest absolute Gasteiger partial charge is 0.416 e. The number of benzene rings is 1. The largest absolute Gasteiger partial charge is 0.469 e. The zero-order chi connectivity index (χ0) is 12.3. The number of methoxy groups -OCH3 is 1. The fourth-order valence-corrected chi connectivity index (χ4v) is 1.41. The van der Waals surface area contributed by atoms with Crippen molar-refractivity contribution in [2.24, 2.45) is 0 Å². The molecule has 0 unspecified atom stereocenters. The summed E-state index contributed by atoms with van der Waals surface area (Å²) in [4.78, 5) is 11.0. The minimum Gasteiger partial charge on any atom is -0.469 e. The number of hydrogen-bond acceptors (Lipinski definition) is 2. The molecule has 0 aliphatic heterocycles. The van der Waals surface area contributed by atoms with Crippen LogP contribution in [0, 0.1) is 6.92 Å². The Hall–Kier alpha value is -1.52. The van der Waals surface area contributed by atoms with Gasteiger partial charge in [0, 0.05) is 0 Å². The lowest BCUT2D eigenvalue weighted by molar-refractivity contribution is -0.140. The summed E-state index contributed by atoms with van der Waals surface area (Å²) >= 11 is 0. The van der Waals surface area contributed by atoms with Gasteiger partial charge in [-0.05, 0) is 24.1 Å². The summed E-state index contributed by atoms with van der Waals surface area (Å²) in [5.41, 5.74) is -0.309. The van der Waals surface area contributed by atoms with E-state index in [-0.39, 0.29) is 12.0 Å². The van der Waals surface area contributed by atoms with E-state index >= 15 is 0 Å². The second-order valence-corrected chi connectivity index (χ2v) is 3.34. The van der Waals surface area contributed by atoms with Gasteiger partial charge in [-0.1, -0.05) is 12.1 Å². The summed E-state index contributed by atoms with van der Waals surface area (Å²) in [5, 5.41) is 0. The Morgan fingerprint density at radius 1 is 1.38 bits per heavy atom. The number of rotatable bonds is 2. The molecule has 0 atom stereocenters. The number of carbonyl (C=O) groups excluding carboxylic acids is 1. The fraction of sp³-hybridized carbons (Fsp3) is 0.364. The molecule has 0 radical (unpaired) electrons. The molecule has 0 bridgehead atoms. The Balaban J connectivity index is 3.09. The van der Waals surface area contributed by atoms with Crippen molar-refractivity contribution < 1.29 is 22.7 Å². The first-order valence-electron chi connectivity index (χ1n) is 4.58. The molecule has 0 saturated heterocycles. The molecule has 16 heavy (non-hydrogen) atoms. The lowest BCUT2D eigenvalue weighted by Crippen LogP contribution is -2.11. The Morgan fingerprint density at radius 3 is 2.50 bits per heavy atom. The van der Waals surface area contributed by atoms with E-state index in [0.717, 1.165) is 6.07 Å². The van der Waals surface area contributed by atoms with Crippen LogP contribution in [-0.2, 0) is 22.1 Å². The molecule has 0 heterocycles. The predicted octanol–water partition coefficient (Wildman–Crippen LogP) is 2.73. The molecule has 0 N–H and O–H groups in total. The molecular weight excluding hydrogens is 221 g/mol. The molecule has 1 aromatic rings. The van der Waals surface area contributed by atoms with Gasteiger partial charge in [0.25, 0.3) is 0 Å². The maximum atomic E-state index is 12.5. The molecule has 0 aliphatic rings. The molecule has 1 aromatic carbocycles. The second kappa shape index (κ2) is 4.55. The van der Waals surface area contributed by atoms with Crippen LogP contribution in [-0.4, -0.2) is 13.1 Å². The van der Waals surface area contributed by atoms with Crippen molar-refractivity contribution in [3.8, 4) is 0 Å². The van der Waals surface area contributed by atoms with E-state index in [9.17, 15) is 18.0 Å². The fourth-order valence-electron chi connectivity index (χ4n) is 1.41. The van der Waals surface area contributed by atoms with E-state index in [4.69, 9.17) is 0 Å². The highest BCUT2D eigenvalue weighted by molar-refractivity contribution is 5.73. The van der Waals surface area contributed by atoms with Crippen LogP contribution in [0.2, 0.25) is 0 Å². The molecule has 0 aliphatic carbocycles. The van der Waals surface area contributed by atoms with Crippen LogP contribution in [0.1, 0.15) is 16.7 Å². The standard InChI is InChI=1S/C11H11F3O2/c1-7-8(6-10(15)16-2)4-3-5-9(7)11(12,13)14/h3-5H,6H2,1-2H3. The van der Waals surface area contributed by atoms with Crippen LogP contribution in [0.5, 0.6) is 0 Å². The molecule has 0 aromatic heterocycles.